The van der Waals surface area contributed by atoms with Crippen molar-refractivity contribution in [2.75, 3.05) is 19.8 Å². The zero-order valence-corrected chi connectivity index (χ0v) is 12.5. The summed E-state index contributed by atoms with van der Waals surface area (Å²) >= 11 is 0. The largest absolute Gasteiger partial charge is 0.494 e. The lowest BCUT2D eigenvalue weighted by molar-refractivity contribution is -0.137. The van der Waals surface area contributed by atoms with Crippen molar-refractivity contribution in [3.63, 3.8) is 0 Å². The molecule has 0 bridgehead atoms. The number of nitriles is 1. The van der Waals surface area contributed by atoms with Gasteiger partial charge in [0.1, 0.15) is 23.1 Å². The molecule has 0 aliphatic carbocycles. The molecular weight excluding hydrogens is 270 g/mol. The van der Waals surface area contributed by atoms with Gasteiger partial charge < -0.3 is 14.2 Å². The summed E-state index contributed by atoms with van der Waals surface area (Å²) in [6, 6.07) is 7.08. The molecule has 112 valence electrons. The Balaban J connectivity index is 3.15. The smallest absolute Gasteiger partial charge is 0.348 e. The van der Waals surface area contributed by atoms with Gasteiger partial charge in [-0.3, -0.25) is 0 Å². The van der Waals surface area contributed by atoms with Gasteiger partial charge in [0.25, 0.3) is 0 Å². The molecule has 5 heteroatoms. The van der Waals surface area contributed by atoms with E-state index in [1.807, 2.05) is 19.9 Å². The van der Waals surface area contributed by atoms with Crippen LogP contribution < -0.4 is 9.47 Å². The third-order valence-corrected chi connectivity index (χ3v) is 2.51. The molecule has 21 heavy (non-hydrogen) atoms. The van der Waals surface area contributed by atoms with E-state index >= 15 is 0 Å². The minimum atomic E-state index is -0.642. The fourth-order valence-electron chi connectivity index (χ4n) is 1.67. The van der Waals surface area contributed by atoms with Crippen molar-refractivity contribution in [2.24, 2.45) is 0 Å². The minimum absolute atomic E-state index is 0.0676. The van der Waals surface area contributed by atoms with E-state index < -0.39 is 5.97 Å². The highest BCUT2D eigenvalue weighted by atomic mass is 16.5. The van der Waals surface area contributed by atoms with Crippen molar-refractivity contribution in [3.05, 3.63) is 29.3 Å². The van der Waals surface area contributed by atoms with Crippen molar-refractivity contribution in [1.82, 2.24) is 0 Å². The second-order valence-electron chi connectivity index (χ2n) is 3.96. The van der Waals surface area contributed by atoms with Gasteiger partial charge in [0.2, 0.25) is 0 Å². The Morgan fingerprint density at radius 2 is 1.90 bits per heavy atom. The number of ether oxygens (including phenoxy) is 3. The van der Waals surface area contributed by atoms with Crippen LogP contribution in [-0.2, 0) is 9.53 Å². The van der Waals surface area contributed by atoms with Crippen LogP contribution in [0.1, 0.15) is 26.3 Å². The highest BCUT2D eigenvalue weighted by Gasteiger charge is 2.12. The first-order valence-electron chi connectivity index (χ1n) is 6.84. The van der Waals surface area contributed by atoms with Gasteiger partial charge in [-0.15, -0.1) is 0 Å². The second-order valence-corrected chi connectivity index (χ2v) is 3.96. The first-order chi connectivity index (χ1) is 10.2. The lowest BCUT2D eigenvalue weighted by Crippen LogP contribution is -2.06. The Hall–Kier alpha value is -2.48. The fourth-order valence-corrected chi connectivity index (χ4v) is 1.67. The van der Waals surface area contributed by atoms with E-state index in [4.69, 9.17) is 19.5 Å². The zero-order chi connectivity index (χ0) is 15.7. The molecule has 0 aliphatic heterocycles. The van der Waals surface area contributed by atoms with Crippen LogP contribution >= 0.6 is 0 Å². The van der Waals surface area contributed by atoms with Crippen LogP contribution in [0.4, 0.5) is 0 Å². The molecule has 1 aromatic carbocycles. The maximum Gasteiger partial charge on any atom is 0.348 e. The first-order valence-corrected chi connectivity index (χ1v) is 6.84. The Morgan fingerprint density at radius 1 is 1.19 bits per heavy atom. The van der Waals surface area contributed by atoms with Crippen LogP contribution in [0.25, 0.3) is 6.08 Å². The predicted molar refractivity (Wildman–Crippen MR) is 79.0 cm³/mol. The minimum Gasteiger partial charge on any atom is -0.494 e. The lowest BCUT2D eigenvalue weighted by Gasteiger charge is -2.10. The van der Waals surface area contributed by atoms with Crippen LogP contribution in [0.3, 0.4) is 0 Å². The maximum absolute atomic E-state index is 11.6. The van der Waals surface area contributed by atoms with Crippen molar-refractivity contribution in [1.29, 1.82) is 5.26 Å². The number of hydrogen-bond acceptors (Lipinski definition) is 5. The molecule has 0 amide bonds. The monoisotopic (exact) mass is 289 g/mol. The molecule has 0 heterocycles. The summed E-state index contributed by atoms with van der Waals surface area (Å²) in [5.74, 6) is 0.588. The molecule has 1 aromatic rings. The lowest BCUT2D eigenvalue weighted by atomic mass is 10.1. The Bertz CT molecular complexity index is 558. The Morgan fingerprint density at radius 3 is 2.48 bits per heavy atom. The van der Waals surface area contributed by atoms with E-state index in [1.54, 1.807) is 25.1 Å². The van der Waals surface area contributed by atoms with Gasteiger partial charge in [-0.05, 0) is 39.0 Å². The number of nitrogens with zero attached hydrogens (tertiary/aromatic N) is 1. The average Bonchev–Trinajstić information content (AvgIpc) is 2.47. The van der Waals surface area contributed by atoms with E-state index in [2.05, 4.69) is 0 Å². The summed E-state index contributed by atoms with van der Waals surface area (Å²) in [5.41, 5.74) is 0.562. The number of benzene rings is 1. The quantitative estimate of drug-likeness (QED) is 0.438. The molecule has 5 nitrogen and oxygen atoms in total. The molecule has 0 radical (unpaired) electrons. The molecule has 0 atom stereocenters. The molecule has 0 aliphatic rings. The third-order valence-electron chi connectivity index (χ3n) is 2.51. The van der Waals surface area contributed by atoms with Crippen molar-refractivity contribution in [3.8, 4) is 17.6 Å². The van der Waals surface area contributed by atoms with Gasteiger partial charge in [0, 0.05) is 11.6 Å². The van der Waals surface area contributed by atoms with E-state index in [9.17, 15) is 4.79 Å². The molecule has 0 aromatic heterocycles. The van der Waals surface area contributed by atoms with Crippen LogP contribution in [0.5, 0.6) is 11.5 Å². The summed E-state index contributed by atoms with van der Waals surface area (Å²) in [4.78, 5) is 11.6. The summed E-state index contributed by atoms with van der Waals surface area (Å²) < 4.78 is 15.8. The molecule has 0 unspecified atom stereocenters. The van der Waals surface area contributed by atoms with Crippen molar-refractivity contribution in [2.45, 2.75) is 20.8 Å². The summed E-state index contributed by atoms with van der Waals surface area (Å²) in [6.45, 7) is 6.68. The van der Waals surface area contributed by atoms with E-state index in [0.717, 1.165) is 0 Å². The van der Waals surface area contributed by atoms with E-state index in [0.29, 0.717) is 30.3 Å². The SMILES string of the molecule is CCOC(=O)/C(C#N)=C/c1ccc(OCC)cc1OCC. The Kier molecular flexibility index (Phi) is 6.82. The predicted octanol–water partition coefficient (Wildman–Crippen LogP) is 2.95. The second kappa shape index (κ2) is 8.64. The van der Waals surface area contributed by atoms with E-state index in [-0.39, 0.29) is 12.2 Å². The first kappa shape index (κ1) is 16.6. The zero-order valence-electron chi connectivity index (χ0n) is 12.5. The summed E-state index contributed by atoms with van der Waals surface area (Å²) in [6.07, 6.45) is 1.46. The number of hydrogen-bond donors (Lipinski definition) is 0. The van der Waals surface area contributed by atoms with Crippen LogP contribution in [0.2, 0.25) is 0 Å². The van der Waals surface area contributed by atoms with Crippen molar-refractivity contribution >= 4 is 12.0 Å². The average molecular weight is 289 g/mol. The van der Waals surface area contributed by atoms with Gasteiger partial charge in [0.05, 0.1) is 19.8 Å². The van der Waals surface area contributed by atoms with Crippen molar-refractivity contribution < 1.29 is 19.0 Å². The number of carbonyl (C=O) groups is 1. The van der Waals surface area contributed by atoms with E-state index in [1.165, 1.54) is 6.08 Å². The highest BCUT2D eigenvalue weighted by molar-refractivity contribution is 5.98. The number of carbonyl (C=O) groups excluding carboxylic acids is 1. The summed E-state index contributed by atoms with van der Waals surface area (Å²) in [7, 11) is 0. The fraction of sp³-hybridized carbons (Fsp3) is 0.375. The van der Waals surface area contributed by atoms with Gasteiger partial charge in [0.15, 0.2) is 0 Å². The number of esters is 1. The normalized spacial score (nSPS) is 10.7. The van der Waals surface area contributed by atoms with Crippen LogP contribution in [0.15, 0.2) is 23.8 Å². The van der Waals surface area contributed by atoms with Gasteiger partial charge >= 0.3 is 5.97 Å². The Labute approximate surface area is 124 Å². The third kappa shape index (κ3) is 4.84. The molecular formula is C16H19NO4. The highest BCUT2D eigenvalue weighted by Crippen LogP contribution is 2.27. The molecule has 0 spiro atoms. The van der Waals surface area contributed by atoms with Crippen LogP contribution in [0, 0.1) is 11.3 Å². The molecule has 1 rings (SSSR count). The maximum atomic E-state index is 11.6. The molecule has 0 fully saturated rings. The van der Waals surface area contributed by atoms with Gasteiger partial charge in [-0.2, -0.15) is 5.26 Å². The molecule has 0 saturated carbocycles. The topological polar surface area (TPSA) is 68.6 Å². The summed E-state index contributed by atoms with van der Waals surface area (Å²) in [5, 5.41) is 9.06. The number of rotatable bonds is 7. The molecule has 0 saturated heterocycles. The van der Waals surface area contributed by atoms with Gasteiger partial charge in [-0.1, -0.05) is 0 Å². The standard InChI is InChI=1S/C16H19NO4/c1-4-19-14-8-7-12(15(10-14)20-5-2)9-13(11-17)16(18)21-6-3/h7-10H,4-6H2,1-3H3/b13-9+. The van der Waals surface area contributed by atoms with Crippen LogP contribution in [-0.4, -0.2) is 25.8 Å². The van der Waals surface area contributed by atoms with Gasteiger partial charge in [-0.25, -0.2) is 4.79 Å². The molecule has 0 N–H and O–H groups in total.